The Morgan fingerprint density at radius 1 is 0.853 bits per heavy atom. The predicted molar refractivity (Wildman–Crippen MR) is 126 cm³/mol. The third kappa shape index (κ3) is 3.09. The summed E-state index contributed by atoms with van der Waals surface area (Å²) in [5, 5.41) is 1.89. The highest BCUT2D eigenvalue weighted by molar-refractivity contribution is 6.04. The van der Waals surface area contributed by atoms with E-state index in [9.17, 15) is 9.59 Å². The third-order valence-electron chi connectivity index (χ3n) is 9.26. The van der Waals surface area contributed by atoms with Crippen LogP contribution in [0.4, 0.5) is 0 Å². The molecule has 0 spiro atoms. The van der Waals surface area contributed by atoms with Gasteiger partial charge in [-0.2, -0.15) is 0 Å². The molecule has 0 amide bonds. The highest BCUT2D eigenvalue weighted by atomic mass is 16.7. The number of hydrogen-bond acceptors (Lipinski definition) is 5. The maximum Gasteiger partial charge on any atom is 0.339 e. The molecule has 9 atom stereocenters. The number of ether oxygens (including phenoxy) is 3. The summed E-state index contributed by atoms with van der Waals surface area (Å²) in [4.78, 5) is 27.0. The number of rotatable bonds is 4. The zero-order valence-electron chi connectivity index (χ0n) is 19.2. The number of carbonyl (C=O) groups excluding carboxylic acids is 2. The van der Waals surface area contributed by atoms with E-state index in [1.54, 1.807) is 0 Å². The first-order valence-electron chi connectivity index (χ1n) is 12.9. The van der Waals surface area contributed by atoms with Gasteiger partial charge in [-0.15, -0.1) is 0 Å². The summed E-state index contributed by atoms with van der Waals surface area (Å²) in [6, 6.07) is 13.6. The van der Waals surface area contributed by atoms with E-state index in [1.165, 1.54) is 6.42 Å². The molecule has 2 aromatic rings. The summed E-state index contributed by atoms with van der Waals surface area (Å²) >= 11 is 0. The van der Waals surface area contributed by atoms with Crippen molar-refractivity contribution in [2.45, 2.75) is 44.5 Å². The minimum Gasteiger partial charge on any atom is -0.458 e. The van der Waals surface area contributed by atoms with Crippen molar-refractivity contribution in [2.75, 3.05) is 6.61 Å². The Morgan fingerprint density at radius 2 is 1.65 bits per heavy atom. The maximum atomic E-state index is 13.5. The van der Waals surface area contributed by atoms with Gasteiger partial charge in [0.1, 0.15) is 6.10 Å². The van der Waals surface area contributed by atoms with Gasteiger partial charge in [-0.1, -0.05) is 48.6 Å². The molecule has 34 heavy (non-hydrogen) atoms. The number of benzene rings is 2. The Labute approximate surface area is 199 Å². The number of esters is 2. The van der Waals surface area contributed by atoms with Crippen LogP contribution in [0.25, 0.3) is 10.8 Å². The fraction of sp³-hybridized carbons (Fsp3) is 0.517. The van der Waals surface area contributed by atoms with Crippen LogP contribution >= 0.6 is 0 Å². The third-order valence-corrected chi connectivity index (χ3v) is 9.26. The molecule has 5 aliphatic rings. The molecule has 7 rings (SSSR count). The first-order chi connectivity index (χ1) is 16.7. The standard InChI is InChI=1S/C29H30O5/c30-28(20-9-5-7-16-6-1-2-8-19(16)20)34-27-22-15-21(24-17-11-12-18(14-17)25(22)24)26(27)29(31)33-23-10-3-4-13-32-23/h1-2,5-9,11-12,17-18,21-27H,3-4,10,13-15H2. The summed E-state index contributed by atoms with van der Waals surface area (Å²) in [6.07, 6.45) is 8.71. The molecule has 0 aromatic heterocycles. The van der Waals surface area contributed by atoms with Crippen molar-refractivity contribution < 1.29 is 23.8 Å². The van der Waals surface area contributed by atoms with Crippen LogP contribution in [0, 0.1) is 41.4 Å². The number of hydrogen-bond donors (Lipinski definition) is 0. The van der Waals surface area contributed by atoms with E-state index >= 15 is 0 Å². The second-order valence-electron chi connectivity index (χ2n) is 10.8. The molecule has 5 nitrogen and oxygen atoms in total. The van der Waals surface area contributed by atoms with E-state index in [2.05, 4.69) is 12.2 Å². The van der Waals surface area contributed by atoms with E-state index in [0.717, 1.165) is 36.5 Å². The van der Waals surface area contributed by atoms with Crippen LogP contribution in [-0.4, -0.2) is 30.9 Å². The average Bonchev–Trinajstić information content (AvgIpc) is 3.64. The molecular formula is C29H30O5. The minimum atomic E-state index is -0.467. The molecule has 9 unspecified atom stereocenters. The number of allylic oxidation sites excluding steroid dienone is 2. The van der Waals surface area contributed by atoms with Crippen LogP contribution in [0.2, 0.25) is 0 Å². The zero-order valence-corrected chi connectivity index (χ0v) is 19.2. The average molecular weight is 459 g/mol. The molecule has 4 fully saturated rings. The first-order valence-corrected chi connectivity index (χ1v) is 12.9. The van der Waals surface area contributed by atoms with Gasteiger partial charge in [-0.25, -0.2) is 4.79 Å². The van der Waals surface area contributed by atoms with Crippen molar-refractivity contribution in [3.63, 3.8) is 0 Å². The molecule has 2 aromatic carbocycles. The van der Waals surface area contributed by atoms with Gasteiger partial charge in [0.15, 0.2) is 0 Å². The largest absolute Gasteiger partial charge is 0.458 e. The molecule has 3 saturated carbocycles. The normalized spacial score (nSPS) is 39.4. The van der Waals surface area contributed by atoms with Crippen LogP contribution in [0.1, 0.15) is 42.5 Å². The molecule has 176 valence electrons. The molecule has 0 N–H and O–H groups in total. The molecular weight excluding hydrogens is 428 g/mol. The van der Waals surface area contributed by atoms with E-state index in [1.807, 2.05) is 42.5 Å². The van der Waals surface area contributed by atoms with Crippen LogP contribution in [-0.2, 0) is 19.0 Å². The minimum absolute atomic E-state index is 0.219. The fourth-order valence-electron chi connectivity index (χ4n) is 8.05. The van der Waals surface area contributed by atoms with Crippen molar-refractivity contribution in [1.29, 1.82) is 0 Å². The number of fused-ring (bicyclic) bond motifs is 10. The molecule has 0 radical (unpaired) electrons. The molecule has 4 aliphatic carbocycles. The maximum absolute atomic E-state index is 13.5. The zero-order chi connectivity index (χ0) is 22.8. The summed E-state index contributed by atoms with van der Waals surface area (Å²) in [5.41, 5.74) is 0.563. The van der Waals surface area contributed by atoms with Crippen LogP contribution in [0.15, 0.2) is 54.6 Å². The smallest absolute Gasteiger partial charge is 0.339 e. The molecule has 1 heterocycles. The Bertz CT molecular complexity index is 1160. The van der Waals surface area contributed by atoms with E-state index < -0.39 is 18.3 Å². The van der Waals surface area contributed by atoms with Gasteiger partial charge >= 0.3 is 11.9 Å². The lowest BCUT2D eigenvalue weighted by Gasteiger charge is -2.40. The van der Waals surface area contributed by atoms with Crippen LogP contribution in [0.3, 0.4) is 0 Å². The van der Waals surface area contributed by atoms with E-state index in [0.29, 0.717) is 35.8 Å². The second-order valence-corrected chi connectivity index (χ2v) is 10.8. The predicted octanol–water partition coefficient (Wildman–Crippen LogP) is 5.14. The van der Waals surface area contributed by atoms with Gasteiger partial charge in [-0.3, -0.25) is 4.79 Å². The SMILES string of the molecule is O=C(OC1C2CC(C1C(=O)OC1CCCCO1)C1C3C=CC(C3)C21)c1cccc2ccccc12. The molecule has 4 bridgehead atoms. The number of carbonyl (C=O) groups is 2. The van der Waals surface area contributed by atoms with Gasteiger partial charge in [0.05, 0.1) is 18.1 Å². The Kier molecular flexibility index (Phi) is 4.83. The lowest BCUT2D eigenvalue weighted by molar-refractivity contribution is -0.197. The fourth-order valence-corrected chi connectivity index (χ4v) is 8.05. The van der Waals surface area contributed by atoms with Crippen molar-refractivity contribution in [1.82, 2.24) is 0 Å². The molecule has 1 aliphatic heterocycles. The lowest BCUT2D eigenvalue weighted by atomic mass is 9.68. The van der Waals surface area contributed by atoms with E-state index in [-0.39, 0.29) is 23.8 Å². The lowest BCUT2D eigenvalue weighted by Crippen LogP contribution is -2.47. The van der Waals surface area contributed by atoms with Crippen molar-refractivity contribution >= 4 is 22.7 Å². The van der Waals surface area contributed by atoms with Crippen LogP contribution in [0.5, 0.6) is 0 Å². The monoisotopic (exact) mass is 458 g/mol. The first kappa shape index (κ1) is 20.7. The van der Waals surface area contributed by atoms with Crippen LogP contribution < -0.4 is 0 Å². The summed E-state index contributed by atoms with van der Waals surface area (Å²) < 4.78 is 17.8. The Balaban J connectivity index is 1.19. The summed E-state index contributed by atoms with van der Waals surface area (Å²) in [7, 11) is 0. The van der Waals surface area contributed by atoms with Gasteiger partial charge in [0.25, 0.3) is 0 Å². The van der Waals surface area contributed by atoms with Gasteiger partial charge in [0, 0.05) is 12.3 Å². The van der Waals surface area contributed by atoms with Gasteiger partial charge in [-0.05, 0) is 72.1 Å². The Hall–Kier alpha value is -2.66. The highest BCUT2D eigenvalue weighted by Gasteiger charge is 2.67. The Morgan fingerprint density at radius 3 is 2.47 bits per heavy atom. The molecule has 1 saturated heterocycles. The summed E-state index contributed by atoms with van der Waals surface area (Å²) in [6.45, 7) is 0.632. The molecule has 5 heteroatoms. The second kappa shape index (κ2) is 7.94. The highest BCUT2D eigenvalue weighted by Crippen LogP contribution is 2.67. The topological polar surface area (TPSA) is 61.8 Å². The van der Waals surface area contributed by atoms with Crippen molar-refractivity contribution in [2.24, 2.45) is 41.4 Å². The van der Waals surface area contributed by atoms with Crippen molar-refractivity contribution in [3.8, 4) is 0 Å². The van der Waals surface area contributed by atoms with E-state index in [4.69, 9.17) is 14.2 Å². The van der Waals surface area contributed by atoms with Gasteiger partial charge < -0.3 is 14.2 Å². The van der Waals surface area contributed by atoms with Gasteiger partial charge in [0.2, 0.25) is 6.29 Å². The van der Waals surface area contributed by atoms with Crippen molar-refractivity contribution in [3.05, 3.63) is 60.2 Å². The summed E-state index contributed by atoms with van der Waals surface area (Å²) in [5.74, 6) is 1.61. The quantitative estimate of drug-likeness (QED) is 0.361.